The summed E-state index contributed by atoms with van der Waals surface area (Å²) < 4.78 is 0.904. The van der Waals surface area contributed by atoms with Crippen LogP contribution in [0.4, 0.5) is 5.69 Å². The van der Waals surface area contributed by atoms with Crippen molar-refractivity contribution in [1.29, 1.82) is 5.26 Å². The fourth-order valence-corrected chi connectivity index (χ4v) is 1.35. The van der Waals surface area contributed by atoms with Gasteiger partial charge in [-0.05, 0) is 25.1 Å². The van der Waals surface area contributed by atoms with E-state index >= 15 is 0 Å². The van der Waals surface area contributed by atoms with Crippen LogP contribution in [0.5, 0.6) is 0 Å². The molecule has 0 saturated heterocycles. The number of nitriles is 1. The van der Waals surface area contributed by atoms with Crippen molar-refractivity contribution in [2.24, 2.45) is 0 Å². The summed E-state index contributed by atoms with van der Waals surface area (Å²) in [6.45, 7) is 2.35. The Balaban J connectivity index is 2.85. The normalized spacial score (nSPS) is 8.36. The summed E-state index contributed by atoms with van der Waals surface area (Å²) in [6, 6.07) is 7.65. The third kappa shape index (κ3) is 2.80. The van der Waals surface area contributed by atoms with Crippen LogP contribution in [0.2, 0.25) is 0 Å². The molecule has 1 N–H and O–H groups in total. The van der Waals surface area contributed by atoms with Crippen LogP contribution in [0.3, 0.4) is 0 Å². The predicted octanol–water partition coefficient (Wildman–Crippen LogP) is 2.76. The third-order valence-corrected chi connectivity index (χ3v) is 2.14. The number of hydrogen-bond donors (Lipinski definition) is 1. The topological polar surface area (TPSA) is 35.8 Å². The fraction of sp³-hybridized carbons (Fsp3) is 0.182. The van der Waals surface area contributed by atoms with E-state index in [2.05, 4.69) is 39.2 Å². The molecule has 14 heavy (non-hydrogen) atoms. The molecule has 0 fully saturated rings. The van der Waals surface area contributed by atoms with Crippen LogP contribution >= 0.6 is 15.9 Å². The van der Waals surface area contributed by atoms with E-state index in [0.717, 1.165) is 10.2 Å². The Morgan fingerprint density at radius 3 is 2.93 bits per heavy atom. The molecule has 70 valence electrons. The maximum atomic E-state index is 8.85. The summed E-state index contributed by atoms with van der Waals surface area (Å²) in [5, 5.41) is 11.9. The van der Waals surface area contributed by atoms with Crippen molar-refractivity contribution >= 4 is 21.6 Å². The van der Waals surface area contributed by atoms with E-state index in [1.54, 1.807) is 13.0 Å². The van der Waals surface area contributed by atoms with Crippen LogP contribution in [-0.2, 0) is 0 Å². The maximum Gasteiger partial charge on any atom is 0.101 e. The molecule has 0 amide bonds. The van der Waals surface area contributed by atoms with Crippen LogP contribution in [-0.4, -0.2) is 6.54 Å². The highest BCUT2D eigenvalue weighted by Gasteiger charge is 2.00. The molecular formula is C11H9BrN2. The predicted molar refractivity (Wildman–Crippen MR) is 60.8 cm³/mol. The Kier molecular flexibility index (Phi) is 4.04. The summed E-state index contributed by atoms with van der Waals surface area (Å²) >= 11 is 3.31. The number of benzene rings is 1. The first-order valence-electron chi connectivity index (χ1n) is 4.11. The van der Waals surface area contributed by atoms with Crippen molar-refractivity contribution in [2.45, 2.75) is 6.92 Å². The van der Waals surface area contributed by atoms with Crippen molar-refractivity contribution in [3.05, 3.63) is 28.2 Å². The molecule has 0 saturated carbocycles. The minimum Gasteiger partial charge on any atom is -0.373 e. The molecule has 3 heteroatoms. The van der Waals surface area contributed by atoms with E-state index in [-0.39, 0.29) is 0 Å². The lowest BCUT2D eigenvalue weighted by atomic mass is 10.2. The highest BCUT2D eigenvalue weighted by Crippen LogP contribution is 2.19. The van der Waals surface area contributed by atoms with Crippen LogP contribution in [0.25, 0.3) is 0 Å². The molecule has 0 radical (unpaired) electrons. The second kappa shape index (κ2) is 5.32. The summed E-state index contributed by atoms with van der Waals surface area (Å²) in [5.74, 6) is 5.66. The largest absolute Gasteiger partial charge is 0.373 e. The molecule has 0 aliphatic carbocycles. The van der Waals surface area contributed by atoms with Crippen LogP contribution in [0, 0.1) is 23.2 Å². The van der Waals surface area contributed by atoms with E-state index < -0.39 is 0 Å². The van der Waals surface area contributed by atoms with Gasteiger partial charge in [-0.2, -0.15) is 5.26 Å². The summed E-state index contributed by atoms with van der Waals surface area (Å²) in [5.41, 5.74) is 1.44. The summed E-state index contributed by atoms with van der Waals surface area (Å²) in [4.78, 5) is 0. The number of nitrogens with zero attached hydrogens (tertiary/aromatic N) is 1. The van der Waals surface area contributed by atoms with E-state index in [1.807, 2.05) is 12.1 Å². The standard InChI is InChI=1S/C11H9BrN2/c1-2-3-6-14-11-5-4-10(12)7-9(11)8-13/h4-5,7,14H,6H2,1H3. The zero-order chi connectivity index (χ0) is 10.4. The average molecular weight is 249 g/mol. The van der Waals surface area contributed by atoms with Gasteiger partial charge < -0.3 is 5.32 Å². The fourth-order valence-electron chi connectivity index (χ4n) is 0.991. The van der Waals surface area contributed by atoms with Crippen LogP contribution < -0.4 is 5.32 Å². The lowest BCUT2D eigenvalue weighted by Crippen LogP contribution is -2.00. The number of nitrogens with one attached hydrogen (secondary N) is 1. The lowest BCUT2D eigenvalue weighted by Gasteiger charge is -2.04. The van der Waals surface area contributed by atoms with Crippen molar-refractivity contribution in [1.82, 2.24) is 0 Å². The molecule has 2 nitrogen and oxygen atoms in total. The number of hydrogen-bond acceptors (Lipinski definition) is 2. The summed E-state index contributed by atoms with van der Waals surface area (Å²) in [7, 11) is 0. The average Bonchev–Trinajstić information content (AvgIpc) is 2.20. The molecule has 1 aromatic carbocycles. The second-order valence-corrected chi connectivity index (χ2v) is 3.50. The Bertz CT molecular complexity index is 421. The molecular weight excluding hydrogens is 240 g/mol. The van der Waals surface area contributed by atoms with Gasteiger partial charge in [0.2, 0.25) is 0 Å². The van der Waals surface area contributed by atoms with E-state index in [4.69, 9.17) is 5.26 Å². The molecule has 0 aliphatic heterocycles. The van der Waals surface area contributed by atoms with Gasteiger partial charge in [-0.25, -0.2) is 0 Å². The van der Waals surface area contributed by atoms with Crippen LogP contribution in [0.1, 0.15) is 12.5 Å². The first kappa shape index (κ1) is 10.6. The van der Waals surface area contributed by atoms with Crippen molar-refractivity contribution in [2.75, 3.05) is 11.9 Å². The molecule has 1 aromatic rings. The summed E-state index contributed by atoms with van der Waals surface area (Å²) in [6.07, 6.45) is 0. The minimum absolute atomic E-state index is 0.562. The second-order valence-electron chi connectivity index (χ2n) is 2.58. The Hall–Kier alpha value is -1.45. The van der Waals surface area contributed by atoms with Crippen molar-refractivity contribution < 1.29 is 0 Å². The van der Waals surface area contributed by atoms with Gasteiger partial charge in [0, 0.05) is 4.47 Å². The third-order valence-electron chi connectivity index (χ3n) is 1.65. The molecule has 0 aliphatic rings. The molecule has 0 bridgehead atoms. The quantitative estimate of drug-likeness (QED) is 0.818. The number of halogens is 1. The molecule has 0 unspecified atom stereocenters. The molecule has 0 aromatic heterocycles. The highest BCUT2D eigenvalue weighted by atomic mass is 79.9. The van der Waals surface area contributed by atoms with E-state index in [0.29, 0.717) is 12.1 Å². The highest BCUT2D eigenvalue weighted by molar-refractivity contribution is 9.10. The molecule has 1 rings (SSSR count). The van der Waals surface area contributed by atoms with Gasteiger partial charge >= 0.3 is 0 Å². The van der Waals surface area contributed by atoms with Gasteiger partial charge in [0.25, 0.3) is 0 Å². The zero-order valence-corrected chi connectivity index (χ0v) is 9.35. The number of anilines is 1. The van der Waals surface area contributed by atoms with Gasteiger partial charge in [-0.1, -0.05) is 21.9 Å². The minimum atomic E-state index is 0.562. The van der Waals surface area contributed by atoms with Gasteiger partial charge in [-0.15, -0.1) is 5.92 Å². The lowest BCUT2D eigenvalue weighted by molar-refractivity contribution is 1.35. The van der Waals surface area contributed by atoms with E-state index in [1.165, 1.54) is 0 Å². The molecule has 0 atom stereocenters. The SMILES string of the molecule is CC#CCNc1ccc(Br)cc1C#N. The Labute approximate surface area is 92.1 Å². The zero-order valence-electron chi connectivity index (χ0n) is 7.76. The van der Waals surface area contributed by atoms with Gasteiger partial charge in [0.1, 0.15) is 6.07 Å². The van der Waals surface area contributed by atoms with Gasteiger partial charge in [0.15, 0.2) is 0 Å². The monoisotopic (exact) mass is 248 g/mol. The van der Waals surface area contributed by atoms with Gasteiger partial charge in [0.05, 0.1) is 17.8 Å². The smallest absolute Gasteiger partial charge is 0.101 e. The Morgan fingerprint density at radius 2 is 2.29 bits per heavy atom. The maximum absolute atomic E-state index is 8.85. The van der Waals surface area contributed by atoms with Crippen molar-refractivity contribution in [3.8, 4) is 17.9 Å². The van der Waals surface area contributed by atoms with Crippen molar-refractivity contribution in [3.63, 3.8) is 0 Å². The first-order chi connectivity index (χ1) is 6.77. The Morgan fingerprint density at radius 1 is 1.50 bits per heavy atom. The molecule has 0 heterocycles. The van der Waals surface area contributed by atoms with E-state index in [9.17, 15) is 0 Å². The number of rotatable bonds is 2. The van der Waals surface area contributed by atoms with Gasteiger partial charge in [-0.3, -0.25) is 0 Å². The van der Waals surface area contributed by atoms with Crippen LogP contribution in [0.15, 0.2) is 22.7 Å². The molecule has 0 spiro atoms. The first-order valence-corrected chi connectivity index (χ1v) is 4.90.